The van der Waals surface area contributed by atoms with E-state index in [2.05, 4.69) is 4.98 Å². The average molecular weight is 362 g/mol. The highest BCUT2D eigenvalue weighted by atomic mass is 19.4. The minimum atomic E-state index is -4.47. The molecule has 0 N–H and O–H groups in total. The van der Waals surface area contributed by atoms with Gasteiger partial charge < -0.3 is 4.74 Å². The summed E-state index contributed by atoms with van der Waals surface area (Å²) in [7, 11) is 0. The van der Waals surface area contributed by atoms with E-state index in [0.717, 1.165) is 16.7 Å². The fraction of sp³-hybridized carbons (Fsp3) is 0.167. The summed E-state index contributed by atoms with van der Waals surface area (Å²) in [5, 5.41) is 0.362. The Bertz CT molecular complexity index is 1010. The molecular weight excluding hydrogens is 349 g/mol. The van der Waals surface area contributed by atoms with Gasteiger partial charge in [-0.1, -0.05) is 24.3 Å². The average Bonchev–Trinajstić information content (AvgIpc) is 2.62. The van der Waals surface area contributed by atoms with Crippen LogP contribution in [0.5, 0.6) is 0 Å². The maximum Gasteiger partial charge on any atom is 0.416 e. The van der Waals surface area contributed by atoms with Crippen molar-refractivity contribution in [2.24, 2.45) is 0 Å². The SMILES string of the molecule is O=C(Cn1cnc2ccccc2c1=O)OCc1cccc(C(F)(F)F)c1. The quantitative estimate of drug-likeness (QED) is 0.669. The lowest BCUT2D eigenvalue weighted by atomic mass is 10.1. The lowest BCUT2D eigenvalue weighted by Gasteiger charge is -2.10. The van der Waals surface area contributed by atoms with E-state index in [9.17, 15) is 22.8 Å². The molecule has 3 rings (SSSR count). The molecule has 5 nitrogen and oxygen atoms in total. The molecule has 8 heteroatoms. The molecule has 0 bridgehead atoms. The lowest BCUT2D eigenvalue weighted by Crippen LogP contribution is -2.25. The van der Waals surface area contributed by atoms with Gasteiger partial charge in [0.1, 0.15) is 13.2 Å². The molecule has 1 aromatic heterocycles. The number of rotatable bonds is 4. The number of benzene rings is 2. The lowest BCUT2D eigenvalue weighted by molar-refractivity contribution is -0.145. The number of alkyl halides is 3. The van der Waals surface area contributed by atoms with Gasteiger partial charge in [0.25, 0.3) is 5.56 Å². The van der Waals surface area contributed by atoms with E-state index >= 15 is 0 Å². The third-order valence-corrected chi connectivity index (χ3v) is 3.69. The van der Waals surface area contributed by atoms with Crippen LogP contribution in [0.15, 0.2) is 59.7 Å². The predicted octanol–water partition coefficient (Wildman–Crippen LogP) is 3.16. The molecule has 0 saturated carbocycles. The van der Waals surface area contributed by atoms with Crippen molar-refractivity contribution >= 4 is 16.9 Å². The molecule has 0 aliphatic heterocycles. The van der Waals surface area contributed by atoms with Gasteiger partial charge in [0, 0.05) is 0 Å². The number of ether oxygens (including phenoxy) is 1. The largest absolute Gasteiger partial charge is 0.459 e. The van der Waals surface area contributed by atoms with E-state index in [1.165, 1.54) is 18.5 Å². The second-order valence-electron chi connectivity index (χ2n) is 5.55. The number of hydrogen-bond acceptors (Lipinski definition) is 4. The third kappa shape index (κ3) is 3.90. The Morgan fingerprint density at radius 2 is 1.88 bits per heavy atom. The van der Waals surface area contributed by atoms with Crippen molar-refractivity contribution in [1.29, 1.82) is 0 Å². The number of esters is 1. The number of aromatic nitrogens is 2. The highest BCUT2D eigenvalue weighted by Gasteiger charge is 2.30. The number of nitrogens with zero attached hydrogens (tertiary/aromatic N) is 2. The molecule has 3 aromatic rings. The number of fused-ring (bicyclic) bond motifs is 1. The van der Waals surface area contributed by atoms with E-state index < -0.39 is 23.3 Å². The van der Waals surface area contributed by atoms with E-state index in [1.807, 2.05) is 0 Å². The van der Waals surface area contributed by atoms with Crippen molar-refractivity contribution in [3.8, 4) is 0 Å². The molecule has 0 atom stereocenters. The van der Waals surface area contributed by atoms with Crippen LogP contribution in [0.4, 0.5) is 13.2 Å². The first-order chi connectivity index (χ1) is 12.3. The second-order valence-corrected chi connectivity index (χ2v) is 5.55. The van der Waals surface area contributed by atoms with E-state index in [1.54, 1.807) is 24.3 Å². The first-order valence-electron chi connectivity index (χ1n) is 7.60. The number of carbonyl (C=O) groups excluding carboxylic acids is 1. The fourth-order valence-corrected chi connectivity index (χ4v) is 2.40. The van der Waals surface area contributed by atoms with Crippen LogP contribution >= 0.6 is 0 Å². The van der Waals surface area contributed by atoms with Gasteiger partial charge in [-0.25, -0.2) is 4.98 Å². The second kappa shape index (κ2) is 6.99. The molecule has 26 heavy (non-hydrogen) atoms. The number of hydrogen-bond donors (Lipinski definition) is 0. The smallest absolute Gasteiger partial charge is 0.416 e. The molecule has 0 amide bonds. The Balaban J connectivity index is 1.69. The van der Waals surface area contributed by atoms with Crippen molar-refractivity contribution in [3.05, 3.63) is 76.3 Å². The standard InChI is InChI=1S/C18H13F3N2O3/c19-18(20,21)13-5-3-4-12(8-13)10-26-16(24)9-23-11-22-15-7-2-1-6-14(15)17(23)25/h1-8,11H,9-10H2. The predicted molar refractivity (Wildman–Crippen MR) is 87.2 cm³/mol. The van der Waals surface area contributed by atoms with Gasteiger partial charge in [-0.05, 0) is 29.8 Å². The van der Waals surface area contributed by atoms with Crippen molar-refractivity contribution < 1.29 is 22.7 Å². The maximum atomic E-state index is 12.7. The first-order valence-corrected chi connectivity index (χ1v) is 7.60. The van der Waals surface area contributed by atoms with Gasteiger partial charge in [-0.2, -0.15) is 13.2 Å². The maximum absolute atomic E-state index is 12.7. The minimum Gasteiger partial charge on any atom is -0.459 e. The van der Waals surface area contributed by atoms with Crippen LogP contribution in [0.1, 0.15) is 11.1 Å². The van der Waals surface area contributed by atoms with Gasteiger partial charge in [0.05, 0.1) is 22.8 Å². The van der Waals surface area contributed by atoms with E-state index in [4.69, 9.17) is 4.74 Å². The number of carbonyl (C=O) groups is 1. The van der Waals surface area contributed by atoms with Gasteiger partial charge in [0.15, 0.2) is 0 Å². The molecule has 1 heterocycles. The molecule has 2 aromatic carbocycles. The van der Waals surface area contributed by atoms with Crippen molar-refractivity contribution in [3.63, 3.8) is 0 Å². The minimum absolute atomic E-state index is 0.206. The van der Waals surface area contributed by atoms with Crippen molar-refractivity contribution in [2.75, 3.05) is 0 Å². The zero-order valence-corrected chi connectivity index (χ0v) is 13.4. The third-order valence-electron chi connectivity index (χ3n) is 3.69. The van der Waals surface area contributed by atoms with Crippen LogP contribution in [0.3, 0.4) is 0 Å². The summed E-state index contributed by atoms with van der Waals surface area (Å²) in [6, 6.07) is 11.2. The van der Waals surface area contributed by atoms with Crippen molar-refractivity contribution in [1.82, 2.24) is 9.55 Å². The number of para-hydroxylation sites is 1. The van der Waals surface area contributed by atoms with Gasteiger partial charge >= 0.3 is 12.1 Å². The van der Waals surface area contributed by atoms with Crippen LogP contribution in [0, 0.1) is 0 Å². The summed E-state index contributed by atoms with van der Waals surface area (Å²) in [6.07, 6.45) is -3.24. The highest BCUT2D eigenvalue weighted by molar-refractivity contribution is 5.77. The van der Waals surface area contributed by atoms with Crippen molar-refractivity contribution in [2.45, 2.75) is 19.3 Å². The highest BCUT2D eigenvalue weighted by Crippen LogP contribution is 2.29. The topological polar surface area (TPSA) is 61.2 Å². The molecule has 0 aliphatic rings. The molecule has 0 radical (unpaired) electrons. The summed E-state index contributed by atoms with van der Waals surface area (Å²) in [5.74, 6) is -0.749. The summed E-state index contributed by atoms with van der Waals surface area (Å²) >= 11 is 0. The Kier molecular flexibility index (Phi) is 4.75. The van der Waals surface area contributed by atoms with Crippen LogP contribution in [-0.2, 0) is 28.9 Å². The van der Waals surface area contributed by atoms with Gasteiger partial charge in [-0.3, -0.25) is 14.2 Å². The monoisotopic (exact) mass is 362 g/mol. The zero-order valence-electron chi connectivity index (χ0n) is 13.4. The molecule has 134 valence electrons. The van der Waals surface area contributed by atoms with Gasteiger partial charge in [0.2, 0.25) is 0 Å². The van der Waals surface area contributed by atoms with Gasteiger partial charge in [-0.15, -0.1) is 0 Å². The van der Waals surface area contributed by atoms with Crippen LogP contribution < -0.4 is 5.56 Å². The summed E-state index contributed by atoms with van der Waals surface area (Å²) < 4.78 is 44.1. The Labute approximate surface area is 145 Å². The molecule has 0 fully saturated rings. The summed E-state index contributed by atoms with van der Waals surface area (Å²) in [4.78, 5) is 28.3. The Hall–Kier alpha value is -3.16. The molecular formula is C18H13F3N2O3. The van der Waals surface area contributed by atoms with E-state index in [0.29, 0.717) is 10.9 Å². The molecule has 0 unspecified atom stereocenters. The zero-order chi connectivity index (χ0) is 18.7. The summed E-state index contributed by atoms with van der Waals surface area (Å²) in [6.45, 7) is -0.700. The molecule has 0 aliphatic carbocycles. The molecule has 0 spiro atoms. The normalized spacial score (nSPS) is 11.5. The Morgan fingerprint density at radius 1 is 1.12 bits per heavy atom. The van der Waals surface area contributed by atoms with Crippen LogP contribution in [0.25, 0.3) is 10.9 Å². The van der Waals surface area contributed by atoms with Crippen LogP contribution in [-0.4, -0.2) is 15.5 Å². The Morgan fingerprint density at radius 3 is 2.65 bits per heavy atom. The molecule has 0 saturated heterocycles. The van der Waals surface area contributed by atoms with Crippen LogP contribution in [0.2, 0.25) is 0 Å². The summed E-state index contributed by atoms with van der Waals surface area (Å²) in [5.41, 5.74) is -0.504. The van der Waals surface area contributed by atoms with E-state index in [-0.39, 0.29) is 18.7 Å². The fourth-order valence-electron chi connectivity index (χ4n) is 2.40. The number of halogens is 3. The first kappa shape index (κ1) is 17.7.